The van der Waals surface area contributed by atoms with Crippen molar-refractivity contribution in [1.82, 2.24) is 4.31 Å². The Balaban J connectivity index is 2.47. The summed E-state index contributed by atoms with van der Waals surface area (Å²) in [5.41, 5.74) is 5.74. The average molecular weight is 304 g/mol. The van der Waals surface area contributed by atoms with Crippen molar-refractivity contribution < 1.29 is 12.8 Å². The van der Waals surface area contributed by atoms with E-state index in [0.717, 1.165) is 11.5 Å². The van der Waals surface area contributed by atoms with E-state index in [2.05, 4.69) is 0 Å². The third-order valence-electron chi connectivity index (χ3n) is 3.19. The lowest BCUT2D eigenvalue weighted by Crippen LogP contribution is -2.44. The standard InChI is InChI=1S/C12H17FN2O2S2/c1-8-5-10(13)11(14)6-12(8)19(16,17)15-3-4-18-7-9(15)2/h5-6,9H,3-4,7,14H2,1-2H3. The van der Waals surface area contributed by atoms with Gasteiger partial charge in [0, 0.05) is 24.1 Å². The van der Waals surface area contributed by atoms with Crippen LogP contribution in [0.15, 0.2) is 17.0 Å². The maximum Gasteiger partial charge on any atom is 0.243 e. The molecule has 0 amide bonds. The zero-order valence-electron chi connectivity index (χ0n) is 10.9. The van der Waals surface area contributed by atoms with E-state index in [9.17, 15) is 12.8 Å². The van der Waals surface area contributed by atoms with Gasteiger partial charge in [-0.05, 0) is 31.5 Å². The Bertz CT molecular complexity index is 590. The highest BCUT2D eigenvalue weighted by molar-refractivity contribution is 7.99. The largest absolute Gasteiger partial charge is 0.396 e. The Morgan fingerprint density at radius 1 is 1.47 bits per heavy atom. The molecule has 4 nitrogen and oxygen atoms in total. The highest BCUT2D eigenvalue weighted by Gasteiger charge is 2.32. The van der Waals surface area contributed by atoms with Gasteiger partial charge in [0.2, 0.25) is 10.0 Å². The fourth-order valence-corrected chi connectivity index (χ4v) is 5.24. The van der Waals surface area contributed by atoms with Gasteiger partial charge in [-0.15, -0.1) is 0 Å². The van der Waals surface area contributed by atoms with Gasteiger partial charge in [0.25, 0.3) is 0 Å². The molecule has 1 atom stereocenters. The molecule has 0 radical (unpaired) electrons. The van der Waals surface area contributed by atoms with E-state index in [-0.39, 0.29) is 16.6 Å². The van der Waals surface area contributed by atoms with Crippen LogP contribution in [0.1, 0.15) is 12.5 Å². The van der Waals surface area contributed by atoms with Crippen molar-refractivity contribution in [2.45, 2.75) is 24.8 Å². The molecule has 1 aliphatic rings. The predicted octanol–water partition coefficient (Wildman–Crippen LogP) is 1.84. The molecule has 19 heavy (non-hydrogen) atoms. The van der Waals surface area contributed by atoms with Gasteiger partial charge in [0.05, 0.1) is 10.6 Å². The van der Waals surface area contributed by atoms with Crippen molar-refractivity contribution >= 4 is 27.5 Å². The summed E-state index contributed by atoms with van der Waals surface area (Å²) in [6.07, 6.45) is 0. The summed E-state index contributed by atoms with van der Waals surface area (Å²) in [6, 6.07) is 2.33. The molecule has 1 aromatic carbocycles. The molecule has 106 valence electrons. The zero-order chi connectivity index (χ0) is 14.2. The number of rotatable bonds is 2. The number of anilines is 1. The van der Waals surface area contributed by atoms with Crippen LogP contribution in [-0.2, 0) is 10.0 Å². The first-order valence-electron chi connectivity index (χ1n) is 5.99. The van der Waals surface area contributed by atoms with Crippen LogP contribution in [0.2, 0.25) is 0 Å². The Labute approximate surface area is 117 Å². The van der Waals surface area contributed by atoms with Crippen LogP contribution in [0.25, 0.3) is 0 Å². The van der Waals surface area contributed by atoms with Gasteiger partial charge < -0.3 is 5.73 Å². The maximum atomic E-state index is 13.3. The number of nitrogens with zero attached hydrogens (tertiary/aromatic N) is 1. The Kier molecular flexibility index (Phi) is 4.08. The maximum absolute atomic E-state index is 13.3. The third kappa shape index (κ3) is 2.73. The number of thioether (sulfide) groups is 1. The van der Waals surface area contributed by atoms with E-state index in [1.165, 1.54) is 16.4 Å². The number of benzene rings is 1. The molecule has 1 saturated heterocycles. The molecule has 0 aliphatic carbocycles. The van der Waals surface area contributed by atoms with Crippen LogP contribution >= 0.6 is 11.8 Å². The van der Waals surface area contributed by atoms with E-state index in [1.54, 1.807) is 18.7 Å². The number of nitrogen functional groups attached to an aromatic ring is 1. The molecule has 1 fully saturated rings. The van der Waals surface area contributed by atoms with E-state index >= 15 is 0 Å². The van der Waals surface area contributed by atoms with Crippen molar-refractivity contribution in [2.75, 3.05) is 23.8 Å². The summed E-state index contributed by atoms with van der Waals surface area (Å²) in [5, 5.41) is 0. The molecule has 2 N–H and O–H groups in total. The van der Waals surface area contributed by atoms with Crippen LogP contribution in [0.5, 0.6) is 0 Å². The first-order chi connectivity index (χ1) is 8.84. The monoisotopic (exact) mass is 304 g/mol. The van der Waals surface area contributed by atoms with Crippen molar-refractivity contribution in [3.05, 3.63) is 23.5 Å². The summed E-state index contributed by atoms with van der Waals surface area (Å²) in [6.45, 7) is 3.94. The van der Waals surface area contributed by atoms with Crippen molar-refractivity contribution in [3.63, 3.8) is 0 Å². The highest BCUT2D eigenvalue weighted by Crippen LogP contribution is 2.28. The van der Waals surface area contributed by atoms with Crippen molar-refractivity contribution in [1.29, 1.82) is 0 Å². The van der Waals surface area contributed by atoms with E-state index in [0.29, 0.717) is 12.1 Å². The topological polar surface area (TPSA) is 63.4 Å². The highest BCUT2D eigenvalue weighted by atomic mass is 32.2. The van der Waals surface area contributed by atoms with Gasteiger partial charge in [-0.1, -0.05) is 0 Å². The molecule has 0 aromatic heterocycles. The van der Waals surface area contributed by atoms with Gasteiger partial charge >= 0.3 is 0 Å². The summed E-state index contributed by atoms with van der Waals surface area (Å²) < 4.78 is 40.0. The fourth-order valence-electron chi connectivity index (χ4n) is 2.14. The average Bonchev–Trinajstić information content (AvgIpc) is 2.34. The van der Waals surface area contributed by atoms with Gasteiger partial charge in [-0.25, -0.2) is 12.8 Å². The third-order valence-corrected chi connectivity index (χ3v) is 6.53. The second kappa shape index (κ2) is 5.30. The molecule has 7 heteroatoms. The molecule has 1 aliphatic heterocycles. The van der Waals surface area contributed by atoms with Crippen molar-refractivity contribution in [2.24, 2.45) is 0 Å². The fraction of sp³-hybridized carbons (Fsp3) is 0.500. The number of hydrogen-bond acceptors (Lipinski definition) is 4. The van der Waals surface area contributed by atoms with Gasteiger partial charge in [-0.3, -0.25) is 0 Å². The number of aryl methyl sites for hydroxylation is 1. The molecule has 0 spiro atoms. The second-order valence-electron chi connectivity index (χ2n) is 4.68. The predicted molar refractivity (Wildman–Crippen MR) is 76.2 cm³/mol. The molecule has 0 saturated carbocycles. The SMILES string of the molecule is Cc1cc(F)c(N)cc1S(=O)(=O)N1CCSCC1C. The van der Waals surface area contributed by atoms with E-state index in [4.69, 9.17) is 5.73 Å². The summed E-state index contributed by atoms with van der Waals surface area (Å²) in [5.74, 6) is 0.965. The Morgan fingerprint density at radius 3 is 2.79 bits per heavy atom. The van der Waals surface area contributed by atoms with E-state index < -0.39 is 15.8 Å². The lowest BCUT2D eigenvalue weighted by atomic mass is 10.2. The molecular formula is C12H17FN2O2S2. The molecule has 1 aromatic rings. The van der Waals surface area contributed by atoms with Crippen molar-refractivity contribution in [3.8, 4) is 0 Å². The first-order valence-corrected chi connectivity index (χ1v) is 8.58. The Morgan fingerprint density at radius 2 is 2.16 bits per heavy atom. The minimum Gasteiger partial charge on any atom is -0.396 e. The van der Waals surface area contributed by atoms with E-state index in [1.807, 2.05) is 6.92 Å². The molecule has 1 heterocycles. The lowest BCUT2D eigenvalue weighted by Gasteiger charge is -2.32. The quantitative estimate of drug-likeness (QED) is 0.847. The van der Waals surface area contributed by atoms with Crippen LogP contribution in [-0.4, -0.2) is 36.8 Å². The number of hydrogen-bond donors (Lipinski definition) is 1. The summed E-state index contributed by atoms with van der Waals surface area (Å²) in [7, 11) is -3.61. The molecule has 1 unspecified atom stereocenters. The van der Waals surface area contributed by atoms with Gasteiger partial charge in [0.1, 0.15) is 5.82 Å². The van der Waals surface area contributed by atoms with Crippen LogP contribution < -0.4 is 5.73 Å². The van der Waals surface area contributed by atoms with Gasteiger partial charge in [0.15, 0.2) is 0 Å². The molecular weight excluding hydrogens is 287 g/mol. The molecule has 0 bridgehead atoms. The number of nitrogens with two attached hydrogens (primary N) is 1. The minimum atomic E-state index is -3.61. The number of sulfonamides is 1. The second-order valence-corrected chi connectivity index (χ2v) is 7.69. The van der Waals surface area contributed by atoms with Gasteiger partial charge in [-0.2, -0.15) is 16.1 Å². The Hall–Kier alpha value is -0.790. The lowest BCUT2D eigenvalue weighted by molar-refractivity contribution is 0.367. The normalized spacial score (nSPS) is 21.5. The summed E-state index contributed by atoms with van der Waals surface area (Å²) >= 11 is 1.74. The van der Waals surface area contributed by atoms with Crippen LogP contribution in [0.3, 0.4) is 0 Å². The molecule has 2 rings (SSSR count). The number of halogens is 1. The summed E-state index contributed by atoms with van der Waals surface area (Å²) in [4.78, 5) is 0.102. The minimum absolute atomic E-state index is 0.0607. The van der Waals surface area contributed by atoms with Crippen LogP contribution in [0, 0.1) is 12.7 Å². The first kappa shape index (κ1) is 14.6. The van der Waals surface area contributed by atoms with Crippen LogP contribution in [0.4, 0.5) is 10.1 Å². The smallest absolute Gasteiger partial charge is 0.243 e. The zero-order valence-corrected chi connectivity index (χ0v) is 12.5.